The van der Waals surface area contributed by atoms with E-state index >= 15 is 0 Å². The molecule has 0 saturated heterocycles. The minimum absolute atomic E-state index is 0. The van der Waals surface area contributed by atoms with Crippen LogP contribution in [0.4, 0.5) is 0 Å². The van der Waals surface area contributed by atoms with E-state index in [-0.39, 0.29) is 12.4 Å². The lowest BCUT2D eigenvalue weighted by Gasteiger charge is -2.07. The second-order valence-corrected chi connectivity index (χ2v) is 12.1. The fourth-order valence-electron chi connectivity index (χ4n) is 4.47. The second kappa shape index (κ2) is 29.4. The first-order valence-electron chi connectivity index (χ1n) is 14.8. The Labute approximate surface area is 220 Å². The summed E-state index contributed by atoms with van der Waals surface area (Å²) in [6, 6.07) is 0. The zero-order valence-corrected chi connectivity index (χ0v) is 24.4. The van der Waals surface area contributed by atoms with Gasteiger partial charge in [-0.25, -0.2) is 13.1 Å². The van der Waals surface area contributed by atoms with Crippen LogP contribution in [0.2, 0.25) is 0 Å². The molecule has 0 aromatic carbocycles. The molecule has 0 spiro atoms. The molecule has 3 N–H and O–H groups in total. The molecule has 0 bridgehead atoms. The van der Waals surface area contributed by atoms with Crippen LogP contribution >= 0.6 is 12.4 Å². The summed E-state index contributed by atoms with van der Waals surface area (Å²) < 4.78 is 27.0. The van der Waals surface area contributed by atoms with Gasteiger partial charge < -0.3 is 5.73 Å². The molecule has 0 aliphatic heterocycles. The third-order valence-electron chi connectivity index (χ3n) is 6.72. The van der Waals surface area contributed by atoms with Crippen molar-refractivity contribution in [1.29, 1.82) is 0 Å². The van der Waals surface area contributed by atoms with Crippen molar-refractivity contribution < 1.29 is 8.42 Å². The van der Waals surface area contributed by atoms with Crippen molar-refractivity contribution in [3.63, 3.8) is 0 Å². The molecule has 0 aromatic rings. The van der Waals surface area contributed by atoms with Gasteiger partial charge in [0, 0.05) is 6.54 Å². The van der Waals surface area contributed by atoms with E-state index in [0.29, 0.717) is 12.3 Å². The molecule has 0 aliphatic rings. The standard InChI is InChI=1S/C28H60N2O2S.ClH/c1-2-3-4-5-6-7-8-9-10-13-16-19-22-25-28-33(31,32)30-27-24-21-18-15-12-11-14-17-20-23-26-29;/h30H,2-29H2,1H3;1H. The SMILES string of the molecule is CCCCCCCCCCCCCCCCS(=O)(=O)NCCCCCCCCCCCCN.Cl. The summed E-state index contributed by atoms with van der Waals surface area (Å²) in [6.07, 6.45) is 30.4. The van der Waals surface area contributed by atoms with E-state index in [1.54, 1.807) is 0 Å². The number of hydrogen-bond acceptors (Lipinski definition) is 3. The molecular weight excluding hydrogens is 464 g/mol. The third-order valence-corrected chi connectivity index (χ3v) is 8.19. The van der Waals surface area contributed by atoms with Crippen LogP contribution in [0.15, 0.2) is 0 Å². The summed E-state index contributed by atoms with van der Waals surface area (Å²) in [7, 11) is -3.07. The number of sulfonamides is 1. The van der Waals surface area contributed by atoms with Crippen LogP contribution in [-0.2, 0) is 10.0 Å². The topological polar surface area (TPSA) is 72.2 Å². The molecule has 6 heteroatoms. The highest BCUT2D eigenvalue weighted by atomic mass is 35.5. The molecule has 0 amide bonds. The molecule has 0 unspecified atom stereocenters. The van der Waals surface area contributed by atoms with Crippen molar-refractivity contribution in [3.8, 4) is 0 Å². The van der Waals surface area contributed by atoms with Crippen LogP contribution in [0.5, 0.6) is 0 Å². The van der Waals surface area contributed by atoms with E-state index in [1.165, 1.54) is 122 Å². The summed E-state index contributed by atoms with van der Waals surface area (Å²) in [5.41, 5.74) is 5.51. The number of halogens is 1. The fourth-order valence-corrected chi connectivity index (χ4v) is 5.65. The molecule has 208 valence electrons. The van der Waals surface area contributed by atoms with E-state index < -0.39 is 10.0 Å². The van der Waals surface area contributed by atoms with Gasteiger partial charge in [-0.2, -0.15) is 0 Å². The van der Waals surface area contributed by atoms with Crippen LogP contribution in [0.25, 0.3) is 0 Å². The van der Waals surface area contributed by atoms with Crippen LogP contribution in [0.3, 0.4) is 0 Å². The normalized spacial score (nSPS) is 11.6. The van der Waals surface area contributed by atoms with Gasteiger partial charge in [-0.1, -0.05) is 142 Å². The molecule has 0 rings (SSSR count). The minimum atomic E-state index is -3.07. The molecule has 0 aromatic heterocycles. The minimum Gasteiger partial charge on any atom is -0.330 e. The number of hydrogen-bond donors (Lipinski definition) is 2. The lowest BCUT2D eigenvalue weighted by molar-refractivity contribution is 0.535. The number of nitrogens with two attached hydrogens (primary N) is 1. The smallest absolute Gasteiger partial charge is 0.211 e. The van der Waals surface area contributed by atoms with Gasteiger partial charge >= 0.3 is 0 Å². The summed E-state index contributed by atoms with van der Waals surface area (Å²) in [5.74, 6) is 0.301. The molecule has 0 saturated carbocycles. The van der Waals surface area contributed by atoms with Gasteiger partial charge in [0.25, 0.3) is 0 Å². The molecule has 0 atom stereocenters. The fraction of sp³-hybridized carbons (Fsp3) is 1.00. The monoisotopic (exact) mass is 524 g/mol. The third kappa shape index (κ3) is 30.2. The van der Waals surface area contributed by atoms with Gasteiger partial charge in [-0.15, -0.1) is 12.4 Å². The van der Waals surface area contributed by atoms with E-state index in [1.807, 2.05) is 0 Å². The molecule has 0 fully saturated rings. The van der Waals surface area contributed by atoms with Crippen molar-refractivity contribution in [2.75, 3.05) is 18.8 Å². The lowest BCUT2D eigenvalue weighted by Crippen LogP contribution is -2.27. The zero-order valence-electron chi connectivity index (χ0n) is 22.8. The first-order chi connectivity index (χ1) is 16.1. The Morgan fingerprint density at radius 1 is 0.500 bits per heavy atom. The maximum absolute atomic E-state index is 12.1. The summed E-state index contributed by atoms with van der Waals surface area (Å²) >= 11 is 0. The average Bonchev–Trinajstić information content (AvgIpc) is 2.80. The molecule has 34 heavy (non-hydrogen) atoms. The van der Waals surface area contributed by atoms with E-state index in [2.05, 4.69) is 11.6 Å². The largest absolute Gasteiger partial charge is 0.330 e. The van der Waals surface area contributed by atoms with Crippen molar-refractivity contribution in [1.82, 2.24) is 4.72 Å². The molecular formula is C28H61ClN2O2S. The van der Waals surface area contributed by atoms with Gasteiger partial charge in [0.05, 0.1) is 5.75 Å². The first kappa shape index (κ1) is 36.3. The van der Waals surface area contributed by atoms with Gasteiger partial charge in [0.2, 0.25) is 10.0 Å². The molecule has 4 nitrogen and oxygen atoms in total. The van der Waals surface area contributed by atoms with Gasteiger partial charge in [0.15, 0.2) is 0 Å². The predicted octanol–water partition coefficient (Wildman–Crippen LogP) is 8.67. The highest BCUT2D eigenvalue weighted by molar-refractivity contribution is 7.89. The van der Waals surface area contributed by atoms with Crippen LogP contribution in [-0.4, -0.2) is 27.3 Å². The number of nitrogens with one attached hydrogen (secondary N) is 1. The van der Waals surface area contributed by atoms with Gasteiger partial charge in [-0.3, -0.25) is 0 Å². The van der Waals surface area contributed by atoms with Crippen LogP contribution in [0, 0.1) is 0 Å². The Hall–Kier alpha value is 0.160. The Morgan fingerprint density at radius 3 is 1.21 bits per heavy atom. The summed E-state index contributed by atoms with van der Waals surface area (Å²) in [6.45, 7) is 3.71. The Bertz CT molecular complexity index is 475. The summed E-state index contributed by atoms with van der Waals surface area (Å²) in [4.78, 5) is 0. The summed E-state index contributed by atoms with van der Waals surface area (Å²) in [5, 5.41) is 0. The Morgan fingerprint density at radius 2 is 0.824 bits per heavy atom. The molecule has 0 aliphatic carbocycles. The highest BCUT2D eigenvalue weighted by Crippen LogP contribution is 2.13. The molecule has 0 radical (unpaired) electrons. The number of rotatable bonds is 28. The van der Waals surface area contributed by atoms with Gasteiger partial charge in [-0.05, 0) is 25.8 Å². The van der Waals surface area contributed by atoms with Crippen molar-refractivity contribution in [3.05, 3.63) is 0 Å². The van der Waals surface area contributed by atoms with Crippen LogP contribution in [0.1, 0.15) is 161 Å². The second-order valence-electron chi connectivity index (χ2n) is 10.1. The predicted molar refractivity (Wildman–Crippen MR) is 155 cm³/mol. The first-order valence-corrected chi connectivity index (χ1v) is 16.4. The van der Waals surface area contributed by atoms with E-state index in [4.69, 9.17) is 5.73 Å². The lowest BCUT2D eigenvalue weighted by atomic mass is 10.0. The van der Waals surface area contributed by atoms with Crippen molar-refractivity contribution in [2.45, 2.75) is 161 Å². The highest BCUT2D eigenvalue weighted by Gasteiger charge is 2.08. The van der Waals surface area contributed by atoms with Gasteiger partial charge in [0.1, 0.15) is 0 Å². The Kier molecular flexibility index (Phi) is 31.4. The molecule has 0 heterocycles. The van der Waals surface area contributed by atoms with E-state index in [9.17, 15) is 8.42 Å². The maximum Gasteiger partial charge on any atom is 0.211 e. The maximum atomic E-state index is 12.1. The average molecular weight is 525 g/mol. The quantitative estimate of drug-likeness (QED) is 0.100. The van der Waals surface area contributed by atoms with Crippen molar-refractivity contribution in [2.24, 2.45) is 5.73 Å². The number of unbranched alkanes of at least 4 members (excludes halogenated alkanes) is 22. The van der Waals surface area contributed by atoms with E-state index in [0.717, 1.165) is 38.6 Å². The zero-order chi connectivity index (χ0) is 24.3. The van der Waals surface area contributed by atoms with Crippen molar-refractivity contribution >= 4 is 22.4 Å². The Balaban J connectivity index is 0. The van der Waals surface area contributed by atoms with Crippen LogP contribution < -0.4 is 10.5 Å².